The van der Waals surface area contributed by atoms with Crippen molar-refractivity contribution in [2.45, 2.75) is 45.4 Å². The summed E-state index contributed by atoms with van der Waals surface area (Å²) in [6.07, 6.45) is 3.37. The maximum atomic E-state index is 12.7. The molecule has 2 aromatic heterocycles. The van der Waals surface area contributed by atoms with Crippen LogP contribution in [0, 0.1) is 13.8 Å². The summed E-state index contributed by atoms with van der Waals surface area (Å²) in [5, 5.41) is 5.68. The van der Waals surface area contributed by atoms with Gasteiger partial charge < -0.3 is 4.90 Å². The highest BCUT2D eigenvalue weighted by atomic mass is 32.1. The molecule has 142 valence electrons. The maximum Gasteiger partial charge on any atom is 0.222 e. The summed E-state index contributed by atoms with van der Waals surface area (Å²) in [6.45, 7) is 5.77. The quantitative estimate of drug-likeness (QED) is 0.686. The lowest BCUT2D eigenvalue weighted by Crippen LogP contribution is -2.38. The molecule has 0 unspecified atom stereocenters. The molecule has 6 heteroatoms. The van der Waals surface area contributed by atoms with Crippen LogP contribution in [0.4, 0.5) is 0 Å². The molecule has 0 spiro atoms. The van der Waals surface area contributed by atoms with Gasteiger partial charge in [0.15, 0.2) is 0 Å². The standard InChI is InChI=1S/C21H26N4OS/c1-14-17(15(2)24(3)23-14)8-9-20(26)25-12-10-16(11-13-25)21-22-18-6-4-5-7-19(18)27-21/h4-7,16H,8-13H2,1-3H3. The van der Waals surface area contributed by atoms with Gasteiger partial charge in [0, 0.05) is 38.2 Å². The van der Waals surface area contributed by atoms with E-state index in [0.717, 1.165) is 49.3 Å². The van der Waals surface area contributed by atoms with Crippen LogP contribution in [-0.4, -0.2) is 38.7 Å². The summed E-state index contributed by atoms with van der Waals surface area (Å²) < 4.78 is 3.16. The lowest BCUT2D eigenvalue weighted by atomic mass is 9.97. The van der Waals surface area contributed by atoms with Crippen LogP contribution in [0.5, 0.6) is 0 Å². The summed E-state index contributed by atoms with van der Waals surface area (Å²) >= 11 is 1.80. The van der Waals surface area contributed by atoms with E-state index in [-0.39, 0.29) is 5.91 Å². The molecular weight excluding hydrogens is 356 g/mol. The van der Waals surface area contributed by atoms with Gasteiger partial charge in [-0.3, -0.25) is 9.48 Å². The van der Waals surface area contributed by atoms with Gasteiger partial charge in [-0.15, -0.1) is 11.3 Å². The molecule has 4 rings (SSSR count). The molecule has 1 aliphatic rings. The molecule has 27 heavy (non-hydrogen) atoms. The number of hydrogen-bond donors (Lipinski definition) is 0. The molecule has 1 amide bonds. The Morgan fingerprint density at radius 1 is 1.22 bits per heavy atom. The van der Waals surface area contributed by atoms with Crippen molar-refractivity contribution in [2.24, 2.45) is 7.05 Å². The lowest BCUT2D eigenvalue weighted by molar-refractivity contribution is -0.132. The van der Waals surface area contributed by atoms with Gasteiger partial charge in [-0.25, -0.2) is 4.98 Å². The van der Waals surface area contributed by atoms with Crippen molar-refractivity contribution >= 4 is 27.5 Å². The molecular formula is C21H26N4OS. The number of carbonyl (C=O) groups is 1. The third-order valence-corrected chi connectivity index (χ3v) is 6.95. The number of aromatic nitrogens is 3. The maximum absolute atomic E-state index is 12.7. The van der Waals surface area contributed by atoms with E-state index in [1.54, 1.807) is 11.3 Å². The lowest BCUT2D eigenvalue weighted by Gasteiger charge is -2.31. The highest BCUT2D eigenvalue weighted by Crippen LogP contribution is 2.34. The number of nitrogens with zero attached hydrogens (tertiary/aromatic N) is 4. The zero-order chi connectivity index (χ0) is 19.0. The first-order valence-electron chi connectivity index (χ1n) is 9.65. The van der Waals surface area contributed by atoms with Gasteiger partial charge in [-0.1, -0.05) is 12.1 Å². The molecule has 0 atom stereocenters. The largest absolute Gasteiger partial charge is 0.343 e. The first-order chi connectivity index (χ1) is 13.0. The number of para-hydroxylation sites is 1. The normalized spacial score (nSPS) is 15.6. The summed E-state index contributed by atoms with van der Waals surface area (Å²) in [6, 6.07) is 8.32. The second-order valence-corrected chi connectivity index (χ2v) is 8.51. The number of hydrogen-bond acceptors (Lipinski definition) is 4. The molecule has 1 fully saturated rings. The van der Waals surface area contributed by atoms with Crippen LogP contribution < -0.4 is 0 Å². The second-order valence-electron chi connectivity index (χ2n) is 7.45. The third kappa shape index (κ3) is 3.63. The minimum atomic E-state index is 0.264. The predicted octanol–water partition coefficient (Wildman–Crippen LogP) is 3.99. The number of fused-ring (bicyclic) bond motifs is 1. The zero-order valence-electron chi connectivity index (χ0n) is 16.2. The fourth-order valence-corrected chi connectivity index (χ4v) is 5.15. The minimum Gasteiger partial charge on any atom is -0.343 e. The van der Waals surface area contributed by atoms with Crippen LogP contribution in [0.1, 0.15) is 47.1 Å². The van der Waals surface area contributed by atoms with Gasteiger partial charge in [0.1, 0.15) is 0 Å². The first-order valence-corrected chi connectivity index (χ1v) is 10.5. The Balaban J connectivity index is 1.33. The minimum absolute atomic E-state index is 0.264. The second kappa shape index (κ2) is 7.43. The average Bonchev–Trinajstić information content (AvgIpc) is 3.21. The van der Waals surface area contributed by atoms with E-state index < -0.39 is 0 Å². The zero-order valence-corrected chi connectivity index (χ0v) is 17.1. The molecule has 3 aromatic rings. The van der Waals surface area contributed by atoms with Gasteiger partial charge in [-0.2, -0.15) is 5.10 Å². The Kier molecular flexibility index (Phi) is 5.00. The van der Waals surface area contributed by atoms with E-state index in [1.165, 1.54) is 15.3 Å². The van der Waals surface area contributed by atoms with E-state index in [0.29, 0.717) is 12.3 Å². The number of piperidine rings is 1. The molecule has 5 nitrogen and oxygen atoms in total. The number of amides is 1. The molecule has 1 aromatic carbocycles. The SMILES string of the molecule is Cc1nn(C)c(C)c1CCC(=O)N1CCC(c2nc3ccccc3s2)CC1. The number of rotatable bonds is 4. The van der Waals surface area contributed by atoms with E-state index in [9.17, 15) is 4.79 Å². The van der Waals surface area contributed by atoms with Gasteiger partial charge in [0.2, 0.25) is 5.91 Å². The van der Waals surface area contributed by atoms with Crippen molar-refractivity contribution in [3.63, 3.8) is 0 Å². The van der Waals surface area contributed by atoms with Crippen LogP contribution in [0.3, 0.4) is 0 Å². The fourth-order valence-electron chi connectivity index (χ4n) is 4.01. The van der Waals surface area contributed by atoms with Crippen LogP contribution in [0.15, 0.2) is 24.3 Å². The molecule has 1 aliphatic heterocycles. The number of aryl methyl sites for hydroxylation is 2. The van der Waals surface area contributed by atoms with Gasteiger partial charge >= 0.3 is 0 Å². The van der Waals surface area contributed by atoms with Gasteiger partial charge in [0.05, 0.1) is 20.9 Å². The number of carbonyl (C=O) groups excluding carboxylic acids is 1. The van der Waals surface area contributed by atoms with Crippen molar-refractivity contribution in [2.75, 3.05) is 13.1 Å². The monoisotopic (exact) mass is 382 g/mol. The van der Waals surface area contributed by atoms with Crippen molar-refractivity contribution in [3.8, 4) is 0 Å². The topological polar surface area (TPSA) is 51.0 Å². The van der Waals surface area contributed by atoms with Crippen molar-refractivity contribution in [1.29, 1.82) is 0 Å². The van der Waals surface area contributed by atoms with Gasteiger partial charge in [0.25, 0.3) is 0 Å². The van der Waals surface area contributed by atoms with E-state index in [1.807, 2.05) is 29.6 Å². The Labute approximate surface area is 164 Å². The summed E-state index contributed by atoms with van der Waals surface area (Å²) in [5.41, 5.74) is 4.51. The summed E-state index contributed by atoms with van der Waals surface area (Å²) in [4.78, 5) is 19.5. The Morgan fingerprint density at radius 2 is 1.96 bits per heavy atom. The van der Waals surface area contributed by atoms with Crippen molar-refractivity contribution in [1.82, 2.24) is 19.7 Å². The molecule has 0 aliphatic carbocycles. The number of benzene rings is 1. The first kappa shape index (κ1) is 18.2. The Bertz CT molecular complexity index is 933. The van der Waals surface area contributed by atoms with E-state index in [2.05, 4.69) is 30.2 Å². The van der Waals surface area contributed by atoms with Crippen LogP contribution >= 0.6 is 11.3 Å². The highest BCUT2D eigenvalue weighted by Gasteiger charge is 2.26. The van der Waals surface area contributed by atoms with Crippen LogP contribution in [0.25, 0.3) is 10.2 Å². The Hall–Kier alpha value is -2.21. The molecule has 0 saturated carbocycles. The smallest absolute Gasteiger partial charge is 0.222 e. The summed E-state index contributed by atoms with van der Waals surface area (Å²) in [7, 11) is 1.96. The summed E-state index contributed by atoms with van der Waals surface area (Å²) in [5.74, 6) is 0.745. The average molecular weight is 383 g/mol. The third-order valence-electron chi connectivity index (χ3n) is 5.76. The number of thiazole rings is 1. The Morgan fingerprint density at radius 3 is 2.63 bits per heavy atom. The van der Waals surface area contributed by atoms with Crippen LogP contribution in [0.2, 0.25) is 0 Å². The highest BCUT2D eigenvalue weighted by molar-refractivity contribution is 7.18. The molecule has 0 radical (unpaired) electrons. The number of likely N-dealkylation sites (tertiary alicyclic amines) is 1. The predicted molar refractivity (Wildman–Crippen MR) is 109 cm³/mol. The van der Waals surface area contributed by atoms with E-state index in [4.69, 9.17) is 4.98 Å². The van der Waals surface area contributed by atoms with Gasteiger partial charge in [-0.05, 0) is 50.8 Å². The van der Waals surface area contributed by atoms with E-state index >= 15 is 0 Å². The molecule has 1 saturated heterocycles. The fraction of sp³-hybridized carbons (Fsp3) is 0.476. The molecule has 0 bridgehead atoms. The van der Waals surface area contributed by atoms with Crippen molar-refractivity contribution in [3.05, 3.63) is 46.2 Å². The molecule has 0 N–H and O–H groups in total. The van der Waals surface area contributed by atoms with Crippen molar-refractivity contribution < 1.29 is 4.79 Å². The van der Waals surface area contributed by atoms with Crippen LogP contribution in [-0.2, 0) is 18.3 Å². The molecule has 3 heterocycles.